The molecule has 0 saturated heterocycles. The Balaban J connectivity index is 1.74. The summed E-state index contributed by atoms with van der Waals surface area (Å²) in [6, 6.07) is 31.1. The van der Waals surface area contributed by atoms with Crippen molar-refractivity contribution < 1.29 is 19.7 Å². The van der Waals surface area contributed by atoms with Gasteiger partial charge in [0.2, 0.25) is 0 Å². The fourth-order valence-electron chi connectivity index (χ4n) is 3.94. The van der Waals surface area contributed by atoms with Crippen molar-refractivity contribution in [3.8, 4) is 11.5 Å². The second-order valence-corrected chi connectivity index (χ2v) is 7.94. The summed E-state index contributed by atoms with van der Waals surface area (Å²) in [6.07, 6.45) is 0.708. The summed E-state index contributed by atoms with van der Waals surface area (Å²) in [5.74, 6) is 0.00185. The van der Waals surface area contributed by atoms with E-state index >= 15 is 0 Å². The number of hydrogen-bond acceptors (Lipinski definition) is 4. The molecule has 0 unspecified atom stereocenters. The Hall–Kier alpha value is -4.31. The summed E-state index contributed by atoms with van der Waals surface area (Å²) >= 11 is 0. The van der Waals surface area contributed by atoms with Crippen LogP contribution in [0.15, 0.2) is 103 Å². The van der Waals surface area contributed by atoms with Gasteiger partial charge < -0.3 is 14.9 Å². The van der Waals surface area contributed by atoms with Crippen LogP contribution >= 0.6 is 0 Å². The van der Waals surface area contributed by atoms with E-state index in [0.717, 1.165) is 33.4 Å². The number of benzene rings is 4. The fraction of sp³-hybridized carbons (Fsp3) is 0.100. The summed E-state index contributed by atoms with van der Waals surface area (Å²) in [5, 5.41) is 19.6. The molecule has 4 aromatic rings. The number of rotatable bonds is 7. The van der Waals surface area contributed by atoms with Gasteiger partial charge in [-0.2, -0.15) is 0 Å². The van der Waals surface area contributed by atoms with Crippen molar-refractivity contribution in [2.75, 3.05) is 0 Å². The number of carbonyl (C=O) groups is 1. The second kappa shape index (κ2) is 10.5. The lowest BCUT2D eigenvalue weighted by Crippen LogP contribution is -2.06. The Morgan fingerprint density at radius 3 is 1.79 bits per heavy atom. The molecule has 0 amide bonds. The molecular weight excluding hydrogens is 424 g/mol. The van der Waals surface area contributed by atoms with Crippen molar-refractivity contribution in [3.63, 3.8) is 0 Å². The molecule has 0 aliphatic heterocycles. The largest absolute Gasteiger partial charge is 0.508 e. The second-order valence-electron chi connectivity index (χ2n) is 7.94. The zero-order valence-corrected chi connectivity index (χ0v) is 18.9. The minimum Gasteiger partial charge on any atom is -0.508 e. The number of phenolic OH excluding ortho intramolecular Hbond substituents is 2. The van der Waals surface area contributed by atoms with Crippen LogP contribution in [0.1, 0.15) is 46.0 Å². The molecule has 4 rings (SSSR count). The van der Waals surface area contributed by atoms with Crippen LogP contribution in [0.3, 0.4) is 0 Å². The number of ether oxygens (including phenoxy) is 1. The molecule has 0 aliphatic carbocycles. The third-order valence-electron chi connectivity index (χ3n) is 5.63. The van der Waals surface area contributed by atoms with E-state index in [-0.39, 0.29) is 24.1 Å². The van der Waals surface area contributed by atoms with Gasteiger partial charge in [0.15, 0.2) is 0 Å². The molecule has 0 atom stereocenters. The first-order valence-electron chi connectivity index (χ1n) is 11.2. The third kappa shape index (κ3) is 5.36. The normalized spacial score (nSPS) is 10.5. The smallest absolute Gasteiger partial charge is 0.338 e. The van der Waals surface area contributed by atoms with Crippen LogP contribution in [-0.2, 0) is 11.3 Å². The summed E-state index contributed by atoms with van der Waals surface area (Å²) in [4.78, 5) is 12.8. The molecule has 0 spiro atoms. The Kier molecular flexibility index (Phi) is 7.09. The van der Waals surface area contributed by atoms with Gasteiger partial charge in [0.05, 0.1) is 5.56 Å². The Bertz CT molecular complexity index is 1240. The lowest BCUT2D eigenvalue weighted by Gasteiger charge is -2.17. The molecule has 0 saturated carbocycles. The SMILES string of the molecule is CCC(=C(c1ccc(O)cc1)c1ccc(O)cc1)c1cccc(C(=O)OCc2ccccc2)c1. The molecule has 4 heteroatoms. The van der Waals surface area contributed by atoms with Crippen molar-refractivity contribution in [2.45, 2.75) is 20.0 Å². The Labute approximate surface area is 199 Å². The molecule has 0 fully saturated rings. The zero-order valence-electron chi connectivity index (χ0n) is 18.9. The van der Waals surface area contributed by atoms with Crippen molar-refractivity contribution >= 4 is 17.1 Å². The van der Waals surface area contributed by atoms with Gasteiger partial charge in [-0.25, -0.2) is 4.79 Å². The molecule has 4 aromatic carbocycles. The minimum absolute atomic E-state index is 0.190. The quantitative estimate of drug-likeness (QED) is 0.239. The van der Waals surface area contributed by atoms with E-state index in [4.69, 9.17) is 4.74 Å². The van der Waals surface area contributed by atoms with Crippen LogP contribution in [0, 0.1) is 0 Å². The standard InChI is InChI=1S/C30H26O4/c1-2-28(29(22-11-15-26(31)16-12-22)23-13-17-27(32)18-14-23)24-9-6-10-25(19-24)30(33)34-20-21-7-4-3-5-8-21/h3-19,31-32H,2,20H2,1H3. The first-order chi connectivity index (χ1) is 16.5. The van der Waals surface area contributed by atoms with Gasteiger partial charge in [-0.1, -0.05) is 73.7 Å². The average Bonchev–Trinajstić information content (AvgIpc) is 2.88. The van der Waals surface area contributed by atoms with Crippen LogP contribution in [0.2, 0.25) is 0 Å². The van der Waals surface area contributed by atoms with Crippen molar-refractivity contribution in [2.24, 2.45) is 0 Å². The summed E-state index contributed by atoms with van der Waals surface area (Å²) in [5.41, 5.74) is 6.19. The summed E-state index contributed by atoms with van der Waals surface area (Å²) in [7, 11) is 0. The molecule has 0 heterocycles. The number of allylic oxidation sites excluding steroid dienone is 1. The van der Waals surface area contributed by atoms with Gasteiger partial charge in [0, 0.05) is 0 Å². The van der Waals surface area contributed by atoms with Crippen LogP contribution < -0.4 is 0 Å². The molecular formula is C30H26O4. The van der Waals surface area contributed by atoms with Crippen molar-refractivity contribution in [3.05, 3.63) is 131 Å². The van der Waals surface area contributed by atoms with Crippen LogP contribution in [0.5, 0.6) is 11.5 Å². The minimum atomic E-state index is -0.378. The van der Waals surface area contributed by atoms with Gasteiger partial charge in [-0.15, -0.1) is 0 Å². The highest BCUT2D eigenvalue weighted by Crippen LogP contribution is 2.35. The van der Waals surface area contributed by atoms with E-state index in [0.29, 0.717) is 12.0 Å². The number of hydrogen-bond donors (Lipinski definition) is 2. The van der Waals surface area contributed by atoms with Gasteiger partial charge >= 0.3 is 5.97 Å². The maximum absolute atomic E-state index is 12.8. The molecule has 4 nitrogen and oxygen atoms in total. The summed E-state index contributed by atoms with van der Waals surface area (Å²) in [6.45, 7) is 2.28. The molecule has 0 aliphatic rings. The van der Waals surface area contributed by atoms with E-state index in [2.05, 4.69) is 6.92 Å². The van der Waals surface area contributed by atoms with E-state index in [1.807, 2.05) is 72.8 Å². The van der Waals surface area contributed by atoms with E-state index in [9.17, 15) is 15.0 Å². The van der Waals surface area contributed by atoms with Crippen molar-refractivity contribution in [1.29, 1.82) is 0 Å². The fourth-order valence-corrected chi connectivity index (χ4v) is 3.94. The topological polar surface area (TPSA) is 66.8 Å². The Morgan fingerprint density at radius 1 is 0.676 bits per heavy atom. The molecule has 0 aromatic heterocycles. The predicted octanol–water partition coefficient (Wildman–Crippen LogP) is 6.82. The maximum atomic E-state index is 12.8. The monoisotopic (exact) mass is 450 g/mol. The number of phenols is 2. The van der Waals surface area contributed by atoms with Gasteiger partial charge in [0.25, 0.3) is 0 Å². The molecule has 0 bridgehead atoms. The average molecular weight is 451 g/mol. The van der Waals surface area contributed by atoms with Gasteiger partial charge in [0.1, 0.15) is 18.1 Å². The van der Waals surface area contributed by atoms with E-state index in [1.165, 1.54) is 0 Å². The third-order valence-corrected chi connectivity index (χ3v) is 5.63. The van der Waals surface area contributed by atoms with Crippen LogP contribution in [0.4, 0.5) is 0 Å². The summed E-state index contributed by atoms with van der Waals surface area (Å²) < 4.78 is 5.53. The first kappa shape index (κ1) is 22.9. The molecule has 34 heavy (non-hydrogen) atoms. The van der Waals surface area contributed by atoms with Crippen LogP contribution in [-0.4, -0.2) is 16.2 Å². The molecule has 170 valence electrons. The lowest BCUT2D eigenvalue weighted by atomic mass is 9.87. The number of carbonyl (C=O) groups excluding carboxylic acids is 1. The first-order valence-corrected chi connectivity index (χ1v) is 11.2. The van der Waals surface area contributed by atoms with Gasteiger partial charge in [-0.05, 0) is 76.2 Å². The zero-order chi connectivity index (χ0) is 23.9. The highest BCUT2D eigenvalue weighted by atomic mass is 16.5. The Morgan fingerprint density at radius 2 is 1.24 bits per heavy atom. The molecule has 2 N–H and O–H groups in total. The number of esters is 1. The maximum Gasteiger partial charge on any atom is 0.338 e. The predicted molar refractivity (Wildman–Crippen MR) is 134 cm³/mol. The van der Waals surface area contributed by atoms with E-state index < -0.39 is 0 Å². The lowest BCUT2D eigenvalue weighted by molar-refractivity contribution is 0.0472. The van der Waals surface area contributed by atoms with E-state index in [1.54, 1.807) is 30.3 Å². The van der Waals surface area contributed by atoms with Crippen molar-refractivity contribution in [1.82, 2.24) is 0 Å². The number of aromatic hydroxyl groups is 2. The highest BCUT2D eigenvalue weighted by molar-refractivity contribution is 6.00. The molecule has 0 radical (unpaired) electrons. The van der Waals surface area contributed by atoms with Gasteiger partial charge in [-0.3, -0.25) is 0 Å². The van der Waals surface area contributed by atoms with Crippen LogP contribution in [0.25, 0.3) is 11.1 Å². The highest BCUT2D eigenvalue weighted by Gasteiger charge is 2.15.